The molecule has 1 aromatic carbocycles. The molecule has 0 saturated carbocycles. The Bertz CT molecular complexity index is 428. The van der Waals surface area contributed by atoms with Gasteiger partial charge in [0.1, 0.15) is 4.99 Å². The van der Waals surface area contributed by atoms with E-state index in [-0.39, 0.29) is 0 Å². The van der Waals surface area contributed by atoms with Crippen LogP contribution in [0.1, 0.15) is 12.0 Å². The maximum absolute atomic E-state index is 5.82. The van der Waals surface area contributed by atoms with Crippen LogP contribution in [-0.2, 0) is 9.47 Å². The van der Waals surface area contributed by atoms with Crippen LogP contribution in [-0.4, -0.2) is 44.7 Å². The standard InChI is InChI=1S/C14H22N2O2S2/c1-17-9-10-18-8-4-7-16-11-5-3-6-12(20-2)13(11)14(15)19/h3,5-6,16H,4,7-10H2,1-2H3,(H2,15,19). The fourth-order valence-corrected chi connectivity index (χ4v) is 2.67. The lowest BCUT2D eigenvalue weighted by atomic mass is 10.1. The molecule has 0 aromatic heterocycles. The van der Waals surface area contributed by atoms with Gasteiger partial charge in [0.2, 0.25) is 0 Å². The molecule has 1 aromatic rings. The van der Waals surface area contributed by atoms with Crippen molar-refractivity contribution in [1.82, 2.24) is 0 Å². The van der Waals surface area contributed by atoms with Gasteiger partial charge < -0.3 is 20.5 Å². The molecule has 0 aliphatic heterocycles. The number of anilines is 1. The summed E-state index contributed by atoms with van der Waals surface area (Å²) in [6.07, 6.45) is 2.94. The van der Waals surface area contributed by atoms with Crippen LogP contribution in [0.2, 0.25) is 0 Å². The van der Waals surface area contributed by atoms with Crippen molar-refractivity contribution in [3.8, 4) is 0 Å². The van der Waals surface area contributed by atoms with Crippen molar-refractivity contribution in [3.05, 3.63) is 23.8 Å². The summed E-state index contributed by atoms with van der Waals surface area (Å²) in [5.74, 6) is 0. The highest BCUT2D eigenvalue weighted by molar-refractivity contribution is 7.98. The highest BCUT2D eigenvalue weighted by Gasteiger charge is 2.09. The van der Waals surface area contributed by atoms with Gasteiger partial charge >= 0.3 is 0 Å². The van der Waals surface area contributed by atoms with Crippen molar-refractivity contribution in [2.75, 3.05) is 45.0 Å². The number of thioether (sulfide) groups is 1. The van der Waals surface area contributed by atoms with E-state index in [1.807, 2.05) is 24.5 Å². The predicted octanol–water partition coefficient (Wildman–Crippen LogP) is 2.51. The number of hydrogen-bond acceptors (Lipinski definition) is 5. The molecular weight excluding hydrogens is 292 g/mol. The van der Waals surface area contributed by atoms with Crippen LogP contribution in [0.15, 0.2) is 23.1 Å². The highest BCUT2D eigenvalue weighted by atomic mass is 32.2. The van der Waals surface area contributed by atoms with Crippen molar-refractivity contribution >= 4 is 34.7 Å². The number of nitrogens with one attached hydrogen (secondary N) is 1. The van der Waals surface area contributed by atoms with Gasteiger partial charge in [0.05, 0.1) is 13.2 Å². The molecule has 0 spiro atoms. The first-order chi connectivity index (χ1) is 9.70. The fraction of sp³-hybridized carbons (Fsp3) is 0.500. The molecule has 0 fully saturated rings. The SMILES string of the molecule is COCCOCCCNc1cccc(SC)c1C(N)=S. The van der Waals surface area contributed by atoms with E-state index in [0.717, 1.165) is 29.1 Å². The number of benzene rings is 1. The lowest BCUT2D eigenvalue weighted by Gasteiger charge is -2.14. The van der Waals surface area contributed by atoms with Crippen LogP contribution in [0.5, 0.6) is 0 Å². The molecule has 0 saturated heterocycles. The van der Waals surface area contributed by atoms with Gasteiger partial charge in [-0.3, -0.25) is 0 Å². The van der Waals surface area contributed by atoms with Crippen LogP contribution in [0.4, 0.5) is 5.69 Å². The Kier molecular flexibility index (Phi) is 8.60. The predicted molar refractivity (Wildman–Crippen MR) is 89.9 cm³/mol. The maximum atomic E-state index is 5.82. The van der Waals surface area contributed by atoms with Gasteiger partial charge in [0.15, 0.2) is 0 Å². The zero-order chi connectivity index (χ0) is 14.8. The summed E-state index contributed by atoms with van der Waals surface area (Å²) in [4.78, 5) is 1.52. The molecule has 0 heterocycles. The summed E-state index contributed by atoms with van der Waals surface area (Å²) >= 11 is 6.78. The lowest BCUT2D eigenvalue weighted by molar-refractivity contribution is 0.0705. The molecule has 0 bridgehead atoms. The normalized spacial score (nSPS) is 10.5. The van der Waals surface area contributed by atoms with Gasteiger partial charge in [-0.25, -0.2) is 0 Å². The molecule has 6 heteroatoms. The number of nitrogens with two attached hydrogens (primary N) is 1. The largest absolute Gasteiger partial charge is 0.389 e. The Hall–Kier alpha value is -0.820. The average Bonchev–Trinajstić information content (AvgIpc) is 2.45. The number of methoxy groups -OCH3 is 1. The first-order valence-corrected chi connectivity index (χ1v) is 8.11. The monoisotopic (exact) mass is 314 g/mol. The van der Waals surface area contributed by atoms with Gasteiger partial charge in [0, 0.05) is 36.4 Å². The van der Waals surface area contributed by atoms with E-state index in [1.165, 1.54) is 0 Å². The molecule has 0 atom stereocenters. The van der Waals surface area contributed by atoms with Gasteiger partial charge in [-0.15, -0.1) is 11.8 Å². The molecule has 0 aliphatic rings. The Morgan fingerprint density at radius 2 is 2.15 bits per heavy atom. The summed E-state index contributed by atoms with van der Waals surface area (Å²) in [6, 6.07) is 6.03. The minimum absolute atomic E-state index is 0.425. The molecule has 0 radical (unpaired) electrons. The highest BCUT2D eigenvalue weighted by Crippen LogP contribution is 2.27. The molecule has 3 N–H and O–H groups in total. The quantitative estimate of drug-likeness (QED) is 0.393. The van der Waals surface area contributed by atoms with Gasteiger partial charge in [-0.2, -0.15) is 0 Å². The van der Waals surface area contributed by atoms with E-state index in [9.17, 15) is 0 Å². The second kappa shape index (κ2) is 9.99. The summed E-state index contributed by atoms with van der Waals surface area (Å²) in [5, 5.41) is 3.37. The van der Waals surface area contributed by atoms with Crippen molar-refractivity contribution in [3.63, 3.8) is 0 Å². The number of thiocarbonyl (C=S) groups is 1. The molecule has 0 aliphatic carbocycles. The van der Waals surface area contributed by atoms with Gasteiger partial charge in [-0.1, -0.05) is 18.3 Å². The summed E-state index contributed by atoms with van der Waals surface area (Å²) in [5.41, 5.74) is 7.73. The molecule has 1 rings (SSSR count). The third kappa shape index (κ3) is 5.66. The average molecular weight is 314 g/mol. The number of rotatable bonds is 10. The Labute approximate surface area is 130 Å². The molecule has 4 nitrogen and oxygen atoms in total. The fourth-order valence-electron chi connectivity index (χ4n) is 1.74. The molecule has 20 heavy (non-hydrogen) atoms. The van der Waals surface area contributed by atoms with Crippen LogP contribution in [0, 0.1) is 0 Å². The maximum Gasteiger partial charge on any atom is 0.107 e. The zero-order valence-electron chi connectivity index (χ0n) is 12.0. The third-order valence-electron chi connectivity index (χ3n) is 2.71. The van der Waals surface area contributed by atoms with E-state index in [0.29, 0.717) is 24.8 Å². The van der Waals surface area contributed by atoms with E-state index >= 15 is 0 Å². The minimum atomic E-state index is 0.425. The molecule has 112 valence electrons. The van der Waals surface area contributed by atoms with E-state index in [1.54, 1.807) is 18.9 Å². The molecule has 0 amide bonds. The smallest absolute Gasteiger partial charge is 0.107 e. The number of ether oxygens (including phenoxy) is 2. The lowest BCUT2D eigenvalue weighted by Crippen LogP contribution is -2.15. The van der Waals surface area contributed by atoms with Crippen LogP contribution in [0.3, 0.4) is 0 Å². The Morgan fingerprint density at radius 1 is 1.35 bits per heavy atom. The second-order valence-corrected chi connectivity index (χ2v) is 5.42. The van der Waals surface area contributed by atoms with Crippen molar-refractivity contribution in [2.24, 2.45) is 5.73 Å². The summed E-state index contributed by atoms with van der Waals surface area (Å²) in [6.45, 7) is 2.80. The number of hydrogen-bond donors (Lipinski definition) is 2. The molecule has 0 unspecified atom stereocenters. The Balaban J connectivity index is 2.45. The third-order valence-corrected chi connectivity index (χ3v) is 3.69. The van der Waals surface area contributed by atoms with Crippen molar-refractivity contribution in [2.45, 2.75) is 11.3 Å². The van der Waals surface area contributed by atoms with E-state index in [2.05, 4.69) is 5.32 Å². The second-order valence-electron chi connectivity index (χ2n) is 4.13. The van der Waals surface area contributed by atoms with E-state index < -0.39 is 0 Å². The van der Waals surface area contributed by atoms with Gasteiger partial charge in [-0.05, 0) is 24.8 Å². The van der Waals surface area contributed by atoms with Crippen molar-refractivity contribution in [1.29, 1.82) is 0 Å². The Morgan fingerprint density at radius 3 is 2.80 bits per heavy atom. The van der Waals surface area contributed by atoms with Crippen LogP contribution < -0.4 is 11.1 Å². The van der Waals surface area contributed by atoms with Crippen LogP contribution >= 0.6 is 24.0 Å². The first-order valence-electron chi connectivity index (χ1n) is 6.48. The van der Waals surface area contributed by atoms with Crippen LogP contribution in [0.25, 0.3) is 0 Å². The van der Waals surface area contributed by atoms with Crippen molar-refractivity contribution < 1.29 is 9.47 Å². The molecular formula is C14H22N2O2S2. The topological polar surface area (TPSA) is 56.5 Å². The van der Waals surface area contributed by atoms with Gasteiger partial charge in [0.25, 0.3) is 0 Å². The summed E-state index contributed by atoms with van der Waals surface area (Å²) < 4.78 is 10.3. The summed E-state index contributed by atoms with van der Waals surface area (Å²) in [7, 11) is 1.67. The zero-order valence-corrected chi connectivity index (χ0v) is 13.6. The minimum Gasteiger partial charge on any atom is -0.389 e. The van der Waals surface area contributed by atoms with E-state index in [4.69, 9.17) is 27.4 Å². The first kappa shape index (κ1) is 17.2.